The quantitative estimate of drug-likeness (QED) is 0.707. The van der Waals surface area contributed by atoms with Crippen LogP contribution >= 0.6 is 0 Å². The Labute approximate surface area is 120 Å². The average Bonchev–Trinajstić information content (AvgIpc) is 2.79. The Kier molecular flexibility index (Phi) is 5.33. The van der Waals surface area contributed by atoms with Crippen LogP contribution in [0.5, 0.6) is 0 Å². The Morgan fingerprint density at radius 3 is 2.40 bits per heavy atom. The molecule has 2 aromatic rings. The lowest BCUT2D eigenvalue weighted by molar-refractivity contribution is 0.505. The zero-order chi connectivity index (χ0) is 14.4. The van der Waals surface area contributed by atoms with Gasteiger partial charge in [0.05, 0.1) is 5.69 Å². The van der Waals surface area contributed by atoms with Crippen LogP contribution in [0.4, 0.5) is 4.39 Å². The van der Waals surface area contributed by atoms with Crippen molar-refractivity contribution in [3.05, 3.63) is 41.8 Å². The third-order valence-corrected chi connectivity index (χ3v) is 3.55. The molecule has 0 aliphatic rings. The van der Waals surface area contributed by atoms with Crippen LogP contribution in [0.1, 0.15) is 45.1 Å². The number of nitrogens with zero attached hydrogens (tertiary/aromatic N) is 2. The molecule has 0 aliphatic carbocycles. The first-order valence-electron chi connectivity index (χ1n) is 7.58. The minimum absolute atomic E-state index is 0.298. The number of hydrogen-bond donors (Lipinski definition) is 0. The van der Waals surface area contributed by atoms with Gasteiger partial charge in [0.2, 0.25) is 5.95 Å². The van der Waals surface area contributed by atoms with Gasteiger partial charge in [-0.15, -0.1) is 5.10 Å². The Morgan fingerprint density at radius 2 is 1.75 bits per heavy atom. The lowest BCUT2D eigenvalue weighted by atomic mass is 10.0. The molecule has 0 aliphatic heterocycles. The summed E-state index contributed by atoms with van der Waals surface area (Å²) in [5.41, 5.74) is 2.80. The highest BCUT2D eigenvalue weighted by molar-refractivity contribution is 5.63. The van der Waals surface area contributed by atoms with Gasteiger partial charge in [-0.1, -0.05) is 57.0 Å². The Hall–Kier alpha value is -1.64. The summed E-state index contributed by atoms with van der Waals surface area (Å²) in [4.78, 5) is 0. The molecule has 1 heterocycles. The van der Waals surface area contributed by atoms with E-state index in [1.165, 1.54) is 0 Å². The zero-order valence-corrected chi connectivity index (χ0v) is 12.4. The number of unbranched alkanes of at least 4 members (excludes halogenated alkanes) is 2. The van der Waals surface area contributed by atoms with Gasteiger partial charge in [-0.05, 0) is 19.3 Å². The molecule has 2 nitrogen and oxygen atoms in total. The van der Waals surface area contributed by atoms with Gasteiger partial charge in [-0.3, -0.25) is 4.68 Å². The maximum absolute atomic E-state index is 14.2. The molecule has 0 N–H and O–H groups in total. The van der Waals surface area contributed by atoms with E-state index in [2.05, 4.69) is 18.9 Å². The molecular formula is C17H23FN2. The van der Waals surface area contributed by atoms with E-state index in [-0.39, 0.29) is 5.95 Å². The molecule has 0 saturated carbocycles. The van der Waals surface area contributed by atoms with Gasteiger partial charge in [0.25, 0.3) is 0 Å². The van der Waals surface area contributed by atoms with Gasteiger partial charge in [-0.2, -0.15) is 4.39 Å². The lowest BCUT2D eigenvalue weighted by Crippen LogP contribution is -2.03. The van der Waals surface area contributed by atoms with Crippen molar-refractivity contribution in [3.8, 4) is 11.3 Å². The molecule has 2 rings (SSSR count). The highest BCUT2D eigenvalue weighted by atomic mass is 19.1. The lowest BCUT2D eigenvalue weighted by Gasteiger charge is -2.09. The summed E-state index contributed by atoms with van der Waals surface area (Å²) in [7, 11) is 0. The van der Waals surface area contributed by atoms with Crippen molar-refractivity contribution in [1.29, 1.82) is 0 Å². The fourth-order valence-corrected chi connectivity index (χ4v) is 2.43. The Bertz CT molecular complexity index is 531. The minimum atomic E-state index is -0.298. The maximum atomic E-state index is 14.2. The third-order valence-electron chi connectivity index (χ3n) is 3.55. The summed E-state index contributed by atoms with van der Waals surface area (Å²) in [6, 6.07) is 10.0. The van der Waals surface area contributed by atoms with Crippen molar-refractivity contribution in [2.45, 2.75) is 52.5 Å². The molecule has 0 amide bonds. The highest BCUT2D eigenvalue weighted by Gasteiger charge is 2.18. The number of hydrogen-bond acceptors (Lipinski definition) is 1. The van der Waals surface area contributed by atoms with Crippen LogP contribution in [-0.4, -0.2) is 9.78 Å². The molecule has 0 atom stereocenters. The van der Waals surface area contributed by atoms with Gasteiger partial charge >= 0.3 is 0 Å². The van der Waals surface area contributed by atoms with Crippen molar-refractivity contribution >= 4 is 0 Å². The molecule has 108 valence electrons. The predicted octanol–water partition coefficient (Wildman–Crippen LogP) is 4.83. The molecule has 0 saturated heterocycles. The summed E-state index contributed by atoms with van der Waals surface area (Å²) in [6.07, 6.45) is 4.93. The van der Waals surface area contributed by atoms with Crippen molar-refractivity contribution in [2.75, 3.05) is 0 Å². The van der Waals surface area contributed by atoms with Gasteiger partial charge in [-0.25, -0.2) is 0 Å². The van der Waals surface area contributed by atoms with Crippen LogP contribution < -0.4 is 0 Å². The van der Waals surface area contributed by atoms with Crippen molar-refractivity contribution in [3.63, 3.8) is 0 Å². The summed E-state index contributed by atoms with van der Waals surface area (Å²) < 4.78 is 16.0. The van der Waals surface area contributed by atoms with Gasteiger partial charge in [0.1, 0.15) is 0 Å². The third kappa shape index (κ3) is 3.27. The summed E-state index contributed by atoms with van der Waals surface area (Å²) >= 11 is 0. The van der Waals surface area contributed by atoms with Crippen molar-refractivity contribution in [2.24, 2.45) is 0 Å². The molecule has 3 heteroatoms. The zero-order valence-electron chi connectivity index (χ0n) is 12.4. The van der Waals surface area contributed by atoms with E-state index in [1.807, 2.05) is 35.0 Å². The second kappa shape index (κ2) is 7.22. The summed E-state index contributed by atoms with van der Waals surface area (Å²) in [5, 5.41) is 4.13. The first kappa shape index (κ1) is 14.8. The number of aryl methyl sites for hydroxylation is 1. The molecule has 0 bridgehead atoms. The van der Waals surface area contributed by atoms with Crippen molar-refractivity contribution in [1.82, 2.24) is 9.78 Å². The standard InChI is InChI=1S/C17H23FN2/c1-3-5-12-15-16(14-10-8-7-9-11-14)20(13-6-4-2)19-17(15)18/h7-11H,3-6,12-13H2,1-2H3. The van der Waals surface area contributed by atoms with Crippen LogP contribution in [0, 0.1) is 5.95 Å². The predicted molar refractivity (Wildman–Crippen MR) is 81.1 cm³/mol. The van der Waals surface area contributed by atoms with Gasteiger partial charge in [0, 0.05) is 17.7 Å². The topological polar surface area (TPSA) is 17.8 Å². The maximum Gasteiger partial charge on any atom is 0.236 e. The van der Waals surface area contributed by atoms with E-state index in [1.54, 1.807) is 0 Å². The number of aromatic nitrogens is 2. The molecule has 0 spiro atoms. The summed E-state index contributed by atoms with van der Waals surface area (Å²) in [5.74, 6) is -0.298. The number of rotatable bonds is 7. The van der Waals surface area contributed by atoms with Crippen LogP contribution in [0.3, 0.4) is 0 Å². The van der Waals surface area contributed by atoms with E-state index in [0.29, 0.717) is 0 Å². The SMILES string of the molecule is CCCCc1c(F)nn(CCCC)c1-c1ccccc1. The van der Waals surface area contributed by atoms with E-state index in [4.69, 9.17) is 0 Å². The Morgan fingerprint density at radius 1 is 1.05 bits per heavy atom. The fourth-order valence-electron chi connectivity index (χ4n) is 2.43. The number of benzene rings is 1. The van der Waals surface area contributed by atoms with Crippen LogP contribution in [-0.2, 0) is 13.0 Å². The fraction of sp³-hybridized carbons (Fsp3) is 0.471. The average molecular weight is 274 g/mol. The van der Waals surface area contributed by atoms with E-state index < -0.39 is 0 Å². The molecule has 20 heavy (non-hydrogen) atoms. The first-order valence-corrected chi connectivity index (χ1v) is 7.58. The Balaban J connectivity index is 2.42. The van der Waals surface area contributed by atoms with Crippen LogP contribution in [0.2, 0.25) is 0 Å². The minimum Gasteiger partial charge on any atom is -0.262 e. The second-order valence-electron chi connectivity index (χ2n) is 5.16. The molecule has 0 unspecified atom stereocenters. The van der Waals surface area contributed by atoms with E-state index in [9.17, 15) is 4.39 Å². The van der Waals surface area contributed by atoms with Gasteiger partial charge < -0.3 is 0 Å². The van der Waals surface area contributed by atoms with Crippen LogP contribution in [0.15, 0.2) is 30.3 Å². The summed E-state index contributed by atoms with van der Waals surface area (Å²) in [6.45, 7) is 5.05. The molecule has 1 aromatic heterocycles. The normalized spacial score (nSPS) is 10.9. The van der Waals surface area contributed by atoms with Gasteiger partial charge in [0.15, 0.2) is 0 Å². The smallest absolute Gasteiger partial charge is 0.236 e. The molecule has 1 aromatic carbocycles. The van der Waals surface area contributed by atoms with Crippen LogP contribution in [0.25, 0.3) is 11.3 Å². The molecular weight excluding hydrogens is 251 g/mol. The highest BCUT2D eigenvalue weighted by Crippen LogP contribution is 2.27. The molecule has 0 fully saturated rings. The number of halogens is 1. The van der Waals surface area contributed by atoms with E-state index in [0.717, 1.165) is 55.5 Å². The molecule has 0 radical (unpaired) electrons. The largest absolute Gasteiger partial charge is 0.262 e. The second-order valence-corrected chi connectivity index (χ2v) is 5.16. The van der Waals surface area contributed by atoms with Crippen molar-refractivity contribution < 1.29 is 4.39 Å². The first-order chi connectivity index (χ1) is 9.77. The monoisotopic (exact) mass is 274 g/mol. The van der Waals surface area contributed by atoms with E-state index >= 15 is 0 Å².